The first-order chi connectivity index (χ1) is 9.15. The van der Waals surface area contributed by atoms with Gasteiger partial charge in [-0.25, -0.2) is 4.98 Å². The monoisotopic (exact) mass is 280 g/mol. The Kier molecular flexibility index (Phi) is 5.37. The second-order valence-corrected chi connectivity index (χ2v) is 6.88. The van der Waals surface area contributed by atoms with Crippen molar-refractivity contribution in [3.63, 3.8) is 0 Å². The van der Waals surface area contributed by atoms with Gasteiger partial charge in [0.1, 0.15) is 5.69 Å². The van der Waals surface area contributed by atoms with E-state index in [-0.39, 0.29) is 5.91 Å². The minimum atomic E-state index is -0.00294. The summed E-state index contributed by atoms with van der Waals surface area (Å²) in [6, 6.07) is 0. The number of aromatic nitrogens is 1. The summed E-state index contributed by atoms with van der Waals surface area (Å²) in [7, 11) is 0. The SMILES string of the molecule is CC(C)Cc1nc(C(=O)NCC2CCCCC2)cs1. The Morgan fingerprint density at radius 1 is 1.42 bits per heavy atom. The second kappa shape index (κ2) is 7.04. The summed E-state index contributed by atoms with van der Waals surface area (Å²) in [5.41, 5.74) is 0.594. The van der Waals surface area contributed by atoms with Crippen LogP contribution in [0.2, 0.25) is 0 Å². The van der Waals surface area contributed by atoms with Crippen LogP contribution in [0.15, 0.2) is 5.38 Å². The molecule has 1 aliphatic rings. The largest absolute Gasteiger partial charge is 0.350 e. The van der Waals surface area contributed by atoms with Crippen LogP contribution in [0.4, 0.5) is 0 Å². The Bertz CT molecular complexity index is 408. The van der Waals surface area contributed by atoms with Gasteiger partial charge in [-0.1, -0.05) is 33.1 Å². The van der Waals surface area contributed by atoms with Gasteiger partial charge in [-0.3, -0.25) is 4.79 Å². The van der Waals surface area contributed by atoms with Gasteiger partial charge in [0.25, 0.3) is 5.91 Å². The first kappa shape index (κ1) is 14.5. The molecule has 4 heteroatoms. The molecule has 2 rings (SSSR count). The fraction of sp³-hybridized carbons (Fsp3) is 0.733. The van der Waals surface area contributed by atoms with Crippen molar-refractivity contribution in [1.29, 1.82) is 0 Å². The first-order valence-electron chi connectivity index (χ1n) is 7.37. The lowest BCUT2D eigenvalue weighted by Gasteiger charge is -2.21. The summed E-state index contributed by atoms with van der Waals surface area (Å²) in [6.45, 7) is 5.16. The highest BCUT2D eigenvalue weighted by molar-refractivity contribution is 7.09. The number of nitrogens with one attached hydrogen (secondary N) is 1. The van der Waals surface area contributed by atoms with E-state index in [9.17, 15) is 4.79 Å². The average Bonchev–Trinajstić information content (AvgIpc) is 2.85. The third-order valence-corrected chi connectivity index (χ3v) is 4.51. The molecule has 19 heavy (non-hydrogen) atoms. The lowest BCUT2D eigenvalue weighted by molar-refractivity contribution is 0.0939. The zero-order valence-corrected chi connectivity index (χ0v) is 12.8. The van der Waals surface area contributed by atoms with Gasteiger partial charge in [-0.05, 0) is 24.7 Å². The molecular weight excluding hydrogens is 256 g/mol. The summed E-state index contributed by atoms with van der Waals surface area (Å²) in [6.07, 6.45) is 7.47. The van der Waals surface area contributed by atoms with Gasteiger partial charge in [0.2, 0.25) is 0 Å². The van der Waals surface area contributed by atoms with Crippen LogP contribution in [0.3, 0.4) is 0 Å². The summed E-state index contributed by atoms with van der Waals surface area (Å²) in [5.74, 6) is 1.26. The maximum absolute atomic E-state index is 12.0. The Morgan fingerprint density at radius 3 is 2.84 bits per heavy atom. The van der Waals surface area contributed by atoms with Gasteiger partial charge < -0.3 is 5.32 Å². The maximum Gasteiger partial charge on any atom is 0.270 e. The highest BCUT2D eigenvalue weighted by Crippen LogP contribution is 2.23. The average molecular weight is 280 g/mol. The molecule has 0 spiro atoms. The molecule has 3 nitrogen and oxygen atoms in total. The number of rotatable bonds is 5. The number of amides is 1. The summed E-state index contributed by atoms with van der Waals surface area (Å²) in [4.78, 5) is 16.4. The Hall–Kier alpha value is -0.900. The van der Waals surface area contributed by atoms with E-state index in [1.54, 1.807) is 11.3 Å². The predicted octanol–water partition coefficient (Wildman–Crippen LogP) is 3.65. The van der Waals surface area contributed by atoms with E-state index in [1.807, 2.05) is 5.38 Å². The van der Waals surface area contributed by atoms with Gasteiger partial charge >= 0.3 is 0 Å². The van der Waals surface area contributed by atoms with Gasteiger partial charge in [0, 0.05) is 18.3 Å². The van der Waals surface area contributed by atoms with Gasteiger partial charge in [-0.2, -0.15) is 0 Å². The van der Waals surface area contributed by atoms with Crippen LogP contribution in [-0.4, -0.2) is 17.4 Å². The van der Waals surface area contributed by atoms with E-state index < -0.39 is 0 Å². The summed E-state index contributed by atoms with van der Waals surface area (Å²) < 4.78 is 0. The normalized spacial score (nSPS) is 16.8. The highest BCUT2D eigenvalue weighted by atomic mass is 32.1. The fourth-order valence-electron chi connectivity index (χ4n) is 2.58. The van der Waals surface area contributed by atoms with Crippen molar-refractivity contribution < 1.29 is 4.79 Å². The third-order valence-electron chi connectivity index (χ3n) is 3.64. The molecule has 0 bridgehead atoms. The molecule has 1 N–H and O–H groups in total. The topological polar surface area (TPSA) is 42.0 Å². The van der Waals surface area contributed by atoms with Crippen LogP contribution >= 0.6 is 11.3 Å². The molecule has 1 amide bonds. The molecule has 0 unspecified atom stereocenters. The molecule has 1 aromatic rings. The number of carbonyl (C=O) groups is 1. The minimum absolute atomic E-state index is 0.00294. The maximum atomic E-state index is 12.0. The summed E-state index contributed by atoms with van der Waals surface area (Å²) in [5, 5.41) is 5.99. The highest BCUT2D eigenvalue weighted by Gasteiger charge is 2.16. The fourth-order valence-corrected chi connectivity index (χ4v) is 3.57. The first-order valence-corrected chi connectivity index (χ1v) is 8.25. The molecule has 0 radical (unpaired) electrons. The van der Waals surface area contributed by atoms with E-state index >= 15 is 0 Å². The zero-order valence-electron chi connectivity index (χ0n) is 11.9. The molecule has 106 valence electrons. The van der Waals surface area contributed by atoms with Gasteiger partial charge in [0.05, 0.1) is 5.01 Å². The van der Waals surface area contributed by atoms with Crippen molar-refractivity contribution >= 4 is 17.2 Å². The van der Waals surface area contributed by atoms with Crippen LogP contribution in [0, 0.1) is 11.8 Å². The quantitative estimate of drug-likeness (QED) is 0.894. The molecule has 1 aliphatic carbocycles. The van der Waals surface area contributed by atoms with Gasteiger partial charge in [-0.15, -0.1) is 11.3 Å². The minimum Gasteiger partial charge on any atom is -0.350 e. The Labute approximate surface area is 119 Å². The van der Waals surface area contributed by atoms with E-state index in [2.05, 4.69) is 24.1 Å². The van der Waals surface area contributed by atoms with Crippen molar-refractivity contribution in [2.75, 3.05) is 6.54 Å². The van der Waals surface area contributed by atoms with E-state index in [4.69, 9.17) is 0 Å². The third kappa shape index (κ3) is 4.60. The standard InChI is InChI=1S/C15H24N2OS/c1-11(2)8-14-17-13(10-19-14)15(18)16-9-12-6-4-3-5-7-12/h10-12H,3-9H2,1-2H3,(H,16,18). The van der Waals surface area contributed by atoms with Gasteiger partial charge in [0.15, 0.2) is 0 Å². The second-order valence-electron chi connectivity index (χ2n) is 5.94. The predicted molar refractivity (Wildman–Crippen MR) is 79.6 cm³/mol. The molecule has 0 saturated heterocycles. The zero-order chi connectivity index (χ0) is 13.7. The molecule has 0 aromatic carbocycles. The molecule has 1 fully saturated rings. The number of carbonyl (C=O) groups excluding carboxylic acids is 1. The van der Waals surface area contributed by atoms with Crippen LogP contribution in [0.1, 0.15) is 61.4 Å². The molecule has 0 aliphatic heterocycles. The molecule has 0 atom stereocenters. The van der Waals surface area contributed by atoms with Crippen molar-refractivity contribution in [2.24, 2.45) is 11.8 Å². The van der Waals surface area contributed by atoms with Crippen molar-refractivity contribution in [2.45, 2.75) is 52.4 Å². The number of nitrogens with zero attached hydrogens (tertiary/aromatic N) is 1. The summed E-state index contributed by atoms with van der Waals surface area (Å²) >= 11 is 1.60. The van der Waals surface area contributed by atoms with E-state index in [0.717, 1.165) is 18.0 Å². The Morgan fingerprint density at radius 2 is 2.16 bits per heavy atom. The lowest BCUT2D eigenvalue weighted by atomic mass is 9.89. The van der Waals surface area contributed by atoms with Crippen molar-refractivity contribution in [1.82, 2.24) is 10.3 Å². The number of thiazole rings is 1. The van der Waals surface area contributed by atoms with E-state index in [1.165, 1.54) is 32.1 Å². The molecule has 1 heterocycles. The number of hydrogen-bond acceptors (Lipinski definition) is 3. The van der Waals surface area contributed by atoms with Crippen molar-refractivity contribution in [3.05, 3.63) is 16.1 Å². The number of hydrogen-bond donors (Lipinski definition) is 1. The van der Waals surface area contributed by atoms with E-state index in [0.29, 0.717) is 17.5 Å². The van der Waals surface area contributed by atoms with Crippen LogP contribution in [0.25, 0.3) is 0 Å². The van der Waals surface area contributed by atoms with Crippen LogP contribution in [0.5, 0.6) is 0 Å². The Balaban J connectivity index is 1.80. The van der Waals surface area contributed by atoms with Crippen LogP contribution < -0.4 is 5.32 Å². The smallest absolute Gasteiger partial charge is 0.270 e. The van der Waals surface area contributed by atoms with Crippen molar-refractivity contribution in [3.8, 4) is 0 Å². The molecule has 1 aromatic heterocycles. The molecule has 1 saturated carbocycles. The molecular formula is C15H24N2OS. The van der Waals surface area contributed by atoms with Crippen LogP contribution in [-0.2, 0) is 6.42 Å². The lowest BCUT2D eigenvalue weighted by Crippen LogP contribution is -2.30.